The summed E-state index contributed by atoms with van der Waals surface area (Å²) in [6.45, 7) is 4.27. The Morgan fingerprint density at radius 1 is 1.35 bits per heavy atom. The molecule has 0 bridgehead atoms. The lowest BCUT2D eigenvalue weighted by Gasteiger charge is -2.31. The van der Waals surface area contributed by atoms with E-state index in [1.54, 1.807) is 25.4 Å². The standard InChI is InChI=1S/C18H21FN2OS/c1-4-21(17(22)12-23-3)18(15-6-5-9-20-11-15)14-7-8-16(19)13(2)10-14/h5-11,18H,4,12H2,1-3H3/t18-/m0/s1. The highest BCUT2D eigenvalue weighted by atomic mass is 32.2. The minimum absolute atomic E-state index is 0.0656. The fraction of sp³-hybridized carbons (Fsp3) is 0.333. The molecule has 122 valence electrons. The third-order valence-electron chi connectivity index (χ3n) is 3.74. The van der Waals surface area contributed by atoms with E-state index in [0.29, 0.717) is 17.9 Å². The van der Waals surface area contributed by atoms with Crippen molar-refractivity contribution in [3.63, 3.8) is 0 Å². The number of carbonyl (C=O) groups excluding carboxylic acids is 1. The van der Waals surface area contributed by atoms with Crippen molar-refractivity contribution in [3.8, 4) is 0 Å². The molecule has 1 heterocycles. The molecule has 1 atom stereocenters. The Morgan fingerprint density at radius 3 is 2.70 bits per heavy atom. The Hall–Kier alpha value is -1.88. The maximum Gasteiger partial charge on any atom is 0.233 e. The predicted molar refractivity (Wildman–Crippen MR) is 93.0 cm³/mol. The maximum absolute atomic E-state index is 13.6. The molecule has 0 N–H and O–H groups in total. The summed E-state index contributed by atoms with van der Waals surface area (Å²) >= 11 is 1.50. The molecule has 2 aromatic rings. The van der Waals surface area contributed by atoms with Crippen LogP contribution in [0.4, 0.5) is 4.39 Å². The zero-order valence-electron chi connectivity index (χ0n) is 13.6. The van der Waals surface area contributed by atoms with Gasteiger partial charge in [0.1, 0.15) is 5.82 Å². The number of pyridine rings is 1. The molecule has 1 aromatic carbocycles. The van der Waals surface area contributed by atoms with Gasteiger partial charge in [0.25, 0.3) is 0 Å². The number of aryl methyl sites for hydroxylation is 1. The van der Waals surface area contributed by atoms with Gasteiger partial charge in [-0.15, -0.1) is 0 Å². The summed E-state index contributed by atoms with van der Waals surface area (Å²) in [7, 11) is 0. The van der Waals surface area contributed by atoms with Crippen molar-refractivity contribution in [2.24, 2.45) is 0 Å². The smallest absolute Gasteiger partial charge is 0.233 e. The summed E-state index contributed by atoms with van der Waals surface area (Å²) in [5.74, 6) is 0.248. The molecule has 0 unspecified atom stereocenters. The van der Waals surface area contributed by atoms with Gasteiger partial charge in [-0.2, -0.15) is 11.8 Å². The SMILES string of the molecule is CCN(C(=O)CSC)[C@H](c1cccnc1)c1ccc(F)c(C)c1. The van der Waals surface area contributed by atoms with Crippen molar-refractivity contribution >= 4 is 17.7 Å². The molecule has 0 aliphatic carbocycles. The highest BCUT2D eigenvalue weighted by Crippen LogP contribution is 2.29. The number of amides is 1. The molecule has 0 saturated carbocycles. The predicted octanol–water partition coefficient (Wildman–Crippen LogP) is 3.83. The largest absolute Gasteiger partial charge is 0.331 e. The Morgan fingerprint density at radius 2 is 2.13 bits per heavy atom. The zero-order valence-corrected chi connectivity index (χ0v) is 14.4. The number of carbonyl (C=O) groups is 1. The third-order valence-corrected chi connectivity index (χ3v) is 4.27. The summed E-state index contributed by atoms with van der Waals surface area (Å²) in [6.07, 6.45) is 5.38. The van der Waals surface area contributed by atoms with Gasteiger partial charge in [0.05, 0.1) is 11.8 Å². The quantitative estimate of drug-likeness (QED) is 0.806. The van der Waals surface area contributed by atoms with Crippen LogP contribution in [0.2, 0.25) is 0 Å². The van der Waals surface area contributed by atoms with Crippen LogP contribution in [0, 0.1) is 12.7 Å². The van der Waals surface area contributed by atoms with Gasteiger partial charge < -0.3 is 4.90 Å². The van der Waals surface area contributed by atoms with Crippen molar-refractivity contribution in [1.29, 1.82) is 0 Å². The van der Waals surface area contributed by atoms with Crippen molar-refractivity contribution in [2.75, 3.05) is 18.6 Å². The van der Waals surface area contributed by atoms with Gasteiger partial charge in [0, 0.05) is 18.9 Å². The molecular formula is C18H21FN2OS. The van der Waals surface area contributed by atoms with Gasteiger partial charge in [-0.3, -0.25) is 9.78 Å². The Bertz CT molecular complexity index is 663. The Labute approximate surface area is 140 Å². The third kappa shape index (κ3) is 4.10. The molecule has 1 aromatic heterocycles. The molecule has 0 saturated heterocycles. The van der Waals surface area contributed by atoms with Gasteiger partial charge >= 0.3 is 0 Å². The number of nitrogens with zero attached hydrogens (tertiary/aromatic N) is 2. The number of aromatic nitrogens is 1. The highest BCUT2D eigenvalue weighted by Gasteiger charge is 2.25. The number of thioether (sulfide) groups is 1. The van der Waals surface area contributed by atoms with Gasteiger partial charge in [0.15, 0.2) is 0 Å². The van der Waals surface area contributed by atoms with Crippen LogP contribution in [-0.4, -0.2) is 34.3 Å². The fourth-order valence-corrected chi connectivity index (χ4v) is 3.05. The van der Waals surface area contributed by atoms with Crippen LogP contribution in [0.5, 0.6) is 0 Å². The number of hydrogen-bond donors (Lipinski definition) is 0. The molecule has 0 aliphatic heterocycles. The molecule has 0 fully saturated rings. The number of hydrogen-bond acceptors (Lipinski definition) is 3. The van der Waals surface area contributed by atoms with Crippen LogP contribution in [0.1, 0.15) is 29.7 Å². The first-order chi connectivity index (χ1) is 11.1. The Kier molecular flexibility index (Phi) is 6.16. The van der Waals surface area contributed by atoms with Gasteiger partial charge in [0.2, 0.25) is 5.91 Å². The molecule has 3 nitrogen and oxygen atoms in total. The molecule has 1 amide bonds. The number of halogens is 1. The highest BCUT2D eigenvalue weighted by molar-refractivity contribution is 7.99. The first-order valence-electron chi connectivity index (χ1n) is 7.52. The van der Waals surface area contributed by atoms with E-state index in [1.807, 2.05) is 36.3 Å². The van der Waals surface area contributed by atoms with Crippen LogP contribution in [0.25, 0.3) is 0 Å². The van der Waals surface area contributed by atoms with Gasteiger partial charge in [-0.25, -0.2) is 4.39 Å². The van der Waals surface area contributed by atoms with Crippen LogP contribution in [0.15, 0.2) is 42.7 Å². The number of rotatable bonds is 6. The van der Waals surface area contributed by atoms with Gasteiger partial charge in [-0.1, -0.05) is 18.2 Å². The van der Waals surface area contributed by atoms with Crippen molar-refractivity contribution in [3.05, 3.63) is 65.2 Å². The summed E-state index contributed by atoms with van der Waals surface area (Å²) in [6, 6.07) is 8.56. The van der Waals surface area contributed by atoms with Crippen molar-refractivity contribution in [2.45, 2.75) is 19.9 Å². The summed E-state index contributed by atoms with van der Waals surface area (Å²) in [5, 5.41) is 0. The van der Waals surface area contributed by atoms with Crippen molar-refractivity contribution < 1.29 is 9.18 Å². The van der Waals surface area contributed by atoms with E-state index in [4.69, 9.17) is 0 Å². The Balaban J connectivity index is 2.50. The van der Waals surface area contributed by atoms with Crippen LogP contribution < -0.4 is 0 Å². The zero-order chi connectivity index (χ0) is 16.8. The van der Waals surface area contributed by atoms with E-state index < -0.39 is 0 Å². The van der Waals surface area contributed by atoms with E-state index in [9.17, 15) is 9.18 Å². The van der Waals surface area contributed by atoms with Crippen LogP contribution in [-0.2, 0) is 4.79 Å². The average Bonchev–Trinajstić information content (AvgIpc) is 2.56. The second-order valence-electron chi connectivity index (χ2n) is 5.31. The average molecular weight is 332 g/mol. The monoisotopic (exact) mass is 332 g/mol. The molecule has 0 spiro atoms. The summed E-state index contributed by atoms with van der Waals surface area (Å²) in [5.41, 5.74) is 2.40. The molecule has 5 heteroatoms. The van der Waals surface area contributed by atoms with E-state index in [2.05, 4.69) is 4.98 Å². The topological polar surface area (TPSA) is 33.2 Å². The second kappa shape index (κ2) is 8.11. The lowest BCUT2D eigenvalue weighted by atomic mass is 9.96. The van der Waals surface area contributed by atoms with E-state index in [0.717, 1.165) is 11.1 Å². The molecular weight excluding hydrogens is 311 g/mol. The maximum atomic E-state index is 13.6. The normalized spacial score (nSPS) is 12.0. The van der Waals surface area contributed by atoms with E-state index in [1.165, 1.54) is 17.8 Å². The van der Waals surface area contributed by atoms with E-state index in [-0.39, 0.29) is 17.8 Å². The lowest BCUT2D eigenvalue weighted by Crippen LogP contribution is -2.36. The first-order valence-corrected chi connectivity index (χ1v) is 8.92. The second-order valence-corrected chi connectivity index (χ2v) is 6.18. The first kappa shape index (κ1) is 17.5. The fourth-order valence-electron chi connectivity index (χ4n) is 2.64. The van der Waals surface area contributed by atoms with Crippen LogP contribution >= 0.6 is 11.8 Å². The number of benzene rings is 1. The van der Waals surface area contributed by atoms with Crippen LogP contribution in [0.3, 0.4) is 0 Å². The van der Waals surface area contributed by atoms with Gasteiger partial charge in [-0.05, 0) is 48.9 Å². The molecule has 2 rings (SSSR count). The molecule has 23 heavy (non-hydrogen) atoms. The minimum atomic E-state index is -0.257. The molecule has 0 aliphatic rings. The lowest BCUT2D eigenvalue weighted by molar-refractivity contribution is -0.129. The molecule has 0 radical (unpaired) electrons. The van der Waals surface area contributed by atoms with Crippen molar-refractivity contribution in [1.82, 2.24) is 9.88 Å². The van der Waals surface area contributed by atoms with E-state index >= 15 is 0 Å². The summed E-state index contributed by atoms with van der Waals surface area (Å²) in [4.78, 5) is 18.5. The minimum Gasteiger partial charge on any atom is -0.331 e. The summed E-state index contributed by atoms with van der Waals surface area (Å²) < 4.78 is 13.6.